The first-order chi connectivity index (χ1) is 7.15. The molecule has 0 aliphatic heterocycles. The number of aromatic amines is 1. The van der Waals surface area contributed by atoms with E-state index in [0.717, 1.165) is 13.0 Å². The molecule has 1 aromatic heterocycles. The van der Waals surface area contributed by atoms with Crippen LogP contribution in [0.2, 0.25) is 5.02 Å². The maximum absolute atomic E-state index is 11.3. The van der Waals surface area contributed by atoms with E-state index in [1.54, 1.807) is 0 Å². The van der Waals surface area contributed by atoms with Crippen molar-refractivity contribution in [2.45, 2.75) is 19.9 Å². The van der Waals surface area contributed by atoms with Crippen LogP contribution in [0, 0.1) is 0 Å². The summed E-state index contributed by atoms with van der Waals surface area (Å²) in [5.74, 6) is 0. The number of halogens is 1. The lowest BCUT2D eigenvalue weighted by molar-refractivity contribution is 0.572. The molecule has 0 atom stereocenters. The van der Waals surface area contributed by atoms with Gasteiger partial charge in [-0.05, 0) is 13.0 Å². The van der Waals surface area contributed by atoms with Gasteiger partial charge >= 0.3 is 5.69 Å². The minimum atomic E-state index is -0.542. The highest BCUT2D eigenvalue weighted by Gasteiger charge is 2.00. The molecule has 1 aromatic rings. The van der Waals surface area contributed by atoms with Gasteiger partial charge in [-0.3, -0.25) is 14.3 Å². The summed E-state index contributed by atoms with van der Waals surface area (Å²) < 4.78 is 1.38. The van der Waals surface area contributed by atoms with Crippen LogP contribution in [0.15, 0.2) is 15.8 Å². The molecular formula is C9H14ClN3O2. The van der Waals surface area contributed by atoms with Crippen LogP contribution in [-0.2, 0) is 6.54 Å². The number of hydrogen-bond acceptors (Lipinski definition) is 3. The van der Waals surface area contributed by atoms with E-state index in [0.29, 0.717) is 13.1 Å². The largest absolute Gasteiger partial charge is 0.328 e. The topological polar surface area (TPSA) is 66.9 Å². The van der Waals surface area contributed by atoms with E-state index < -0.39 is 11.2 Å². The molecule has 0 saturated heterocycles. The molecule has 84 valence electrons. The molecule has 1 rings (SSSR count). The second kappa shape index (κ2) is 5.72. The first-order valence-electron chi connectivity index (χ1n) is 4.85. The van der Waals surface area contributed by atoms with Crippen LogP contribution < -0.4 is 16.6 Å². The van der Waals surface area contributed by atoms with Gasteiger partial charge in [0.1, 0.15) is 5.02 Å². The molecule has 0 fully saturated rings. The second-order valence-electron chi connectivity index (χ2n) is 3.18. The highest BCUT2D eigenvalue weighted by Crippen LogP contribution is 1.94. The smallest absolute Gasteiger partial charge is 0.315 e. The Morgan fingerprint density at radius 1 is 1.47 bits per heavy atom. The average Bonchev–Trinajstić information content (AvgIpc) is 2.20. The van der Waals surface area contributed by atoms with Gasteiger partial charge in [-0.1, -0.05) is 18.5 Å². The summed E-state index contributed by atoms with van der Waals surface area (Å²) in [5.41, 5.74) is -0.970. The van der Waals surface area contributed by atoms with Gasteiger partial charge in [0, 0.05) is 19.3 Å². The van der Waals surface area contributed by atoms with E-state index in [1.165, 1.54) is 10.8 Å². The van der Waals surface area contributed by atoms with Crippen LogP contribution in [0.3, 0.4) is 0 Å². The Bertz CT molecular complexity index is 424. The van der Waals surface area contributed by atoms with Crippen LogP contribution in [0.1, 0.15) is 13.3 Å². The third-order valence-corrected chi connectivity index (χ3v) is 2.19. The van der Waals surface area contributed by atoms with Crippen LogP contribution in [-0.4, -0.2) is 22.6 Å². The quantitative estimate of drug-likeness (QED) is 0.711. The number of hydrogen-bond donors (Lipinski definition) is 2. The monoisotopic (exact) mass is 231 g/mol. The Kier molecular flexibility index (Phi) is 4.58. The Hall–Kier alpha value is -1.07. The summed E-state index contributed by atoms with van der Waals surface area (Å²) in [6.45, 7) is 4.15. The van der Waals surface area contributed by atoms with Crippen molar-refractivity contribution in [3.63, 3.8) is 0 Å². The zero-order valence-electron chi connectivity index (χ0n) is 8.55. The zero-order chi connectivity index (χ0) is 11.3. The van der Waals surface area contributed by atoms with Crippen LogP contribution >= 0.6 is 11.6 Å². The summed E-state index contributed by atoms with van der Waals surface area (Å²) >= 11 is 5.60. The predicted molar refractivity (Wildman–Crippen MR) is 59.5 cm³/mol. The maximum Gasteiger partial charge on any atom is 0.328 e. The number of nitrogens with zero attached hydrogens (tertiary/aromatic N) is 1. The molecule has 0 radical (unpaired) electrons. The Labute approximate surface area is 92.1 Å². The van der Waals surface area contributed by atoms with Gasteiger partial charge in [-0.2, -0.15) is 0 Å². The van der Waals surface area contributed by atoms with Gasteiger partial charge in [0.15, 0.2) is 0 Å². The molecule has 15 heavy (non-hydrogen) atoms. The molecular weight excluding hydrogens is 218 g/mol. The number of nitrogens with one attached hydrogen (secondary N) is 2. The van der Waals surface area contributed by atoms with E-state index in [2.05, 4.69) is 17.2 Å². The summed E-state index contributed by atoms with van der Waals surface area (Å²) in [5, 5.41) is 3.18. The van der Waals surface area contributed by atoms with Crippen molar-refractivity contribution in [1.82, 2.24) is 14.9 Å². The van der Waals surface area contributed by atoms with Gasteiger partial charge in [0.05, 0.1) is 0 Å². The molecule has 0 amide bonds. The van der Waals surface area contributed by atoms with E-state index in [-0.39, 0.29) is 5.02 Å². The maximum atomic E-state index is 11.3. The summed E-state index contributed by atoms with van der Waals surface area (Å²) in [4.78, 5) is 24.4. The van der Waals surface area contributed by atoms with E-state index >= 15 is 0 Å². The van der Waals surface area contributed by atoms with Crippen LogP contribution in [0.25, 0.3) is 0 Å². The molecule has 0 aliphatic rings. The molecule has 0 aliphatic carbocycles. The zero-order valence-corrected chi connectivity index (χ0v) is 9.30. The summed E-state index contributed by atoms with van der Waals surface area (Å²) in [7, 11) is 0. The molecule has 2 N–H and O–H groups in total. The van der Waals surface area contributed by atoms with Crippen molar-refractivity contribution in [1.29, 1.82) is 0 Å². The fourth-order valence-electron chi connectivity index (χ4n) is 1.15. The lowest BCUT2D eigenvalue weighted by atomic mass is 10.4. The van der Waals surface area contributed by atoms with E-state index in [9.17, 15) is 9.59 Å². The van der Waals surface area contributed by atoms with Gasteiger partial charge < -0.3 is 5.32 Å². The van der Waals surface area contributed by atoms with Gasteiger partial charge in [0.25, 0.3) is 5.56 Å². The SMILES string of the molecule is CCCNCCn1cc(Cl)c(=O)[nH]c1=O. The van der Waals surface area contributed by atoms with E-state index in [1.807, 2.05) is 0 Å². The lowest BCUT2D eigenvalue weighted by Crippen LogP contribution is -2.32. The molecule has 1 heterocycles. The minimum Gasteiger partial charge on any atom is -0.315 e. The van der Waals surface area contributed by atoms with Gasteiger partial charge in [-0.25, -0.2) is 4.79 Å². The third-order valence-electron chi connectivity index (χ3n) is 1.92. The fraction of sp³-hybridized carbons (Fsp3) is 0.556. The normalized spacial score (nSPS) is 10.5. The minimum absolute atomic E-state index is 0.0325. The highest BCUT2D eigenvalue weighted by atomic mass is 35.5. The Morgan fingerprint density at radius 3 is 2.87 bits per heavy atom. The summed E-state index contributed by atoms with van der Waals surface area (Å²) in [6, 6.07) is 0. The average molecular weight is 232 g/mol. The standard InChI is InChI=1S/C9H14ClN3O2/c1-2-3-11-4-5-13-6-7(10)8(14)12-9(13)15/h6,11H,2-5H2,1H3,(H,12,14,15). The first kappa shape index (κ1) is 12.0. The molecule has 0 aromatic carbocycles. The highest BCUT2D eigenvalue weighted by molar-refractivity contribution is 6.30. The van der Waals surface area contributed by atoms with Crippen LogP contribution in [0.5, 0.6) is 0 Å². The van der Waals surface area contributed by atoms with Crippen LogP contribution in [0.4, 0.5) is 0 Å². The van der Waals surface area contributed by atoms with Crippen molar-refractivity contribution < 1.29 is 0 Å². The number of aromatic nitrogens is 2. The Balaban J connectivity index is 2.66. The number of H-pyrrole nitrogens is 1. The van der Waals surface area contributed by atoms with Crippen molar-refractivity contribution in [3.8, 4) is 0 Å². The van der Waals surface area contributed by atoms with Crippen molar-refractivity contribution in [2.24, 2.45) is 0 Å². The molecule has 0 bridgehead atoms. The molecule has 6 heteroatoms. The second-order valence-corrected chi connectivity index (χ2v) is 3.59. The van der Waals surface area contributed by atoms with Gasteiger partial charge in [-0.15, -0.1) is 0 Å². The van der Waals surface area contributed by atoms with Gasteiger partial charge in [0.2, 0.25) is 0 Å². The molecule has 0 saturated carbocycles. The Morgan fingerprint density at radius 2 is 2.20 bits per heavy atom. The number of rotatable bonds is 5. The third kappa shape index (κ3) is 3.53. The molecule has 0 unspecified atom stereocenters. The van der Waals surface area contributed by atoms with Crippen molar-refractivity contribution >= 4 is 11.6 Å². The van der Waals surface area contributed by atoms with Crippen molar-refractivity contribution in [3.05, 3.63) is 32.1 Å². The lowest BCUT2D eigenvalue weighted by Gasteiger charge is -2.05. The van der Waals surface area contributed by atoms with E-state index in [4.69, 9.17) is 11.6 Å². The summed E-state index contributed by atoms with van der Waals surface area (Å²) in [6.07, 6.45) is 2.40. The fourth-order valence-corrected chi connectivity index (χ4v) is 1.32. The molecule has 5 nitrogen and oxygen atoms in total. The first-order valence-corrected chi connectivity index (χ1v) is 5.23. The van der Waals surface area contributed by atoms with Crippen molar-refractivity contribution in [2.75, 3.05) is 13.1 Å². The predicted octanol–water partition coefficient (Wildman–Crippen LogP) is 0.190. The molecule has 0 spiro atoms.